The lowest BCUT2D eigenvalue weighted by atomic mass is 9.98. The minimum absolute atomic E-state index is 0.0100. The molecule has 0 radical (unpaired) electrons. The van der Waals surface area contributed by atoms with Gasteiger partial charge in [0.2, 0.25) is 0 Å². The molecule has 0 spiro atoms. The molecule has 1 aromatic carbocycles. The molecule has 0 saturated carbocycles. The van der Waals surface area contributed by atoms with Crippen LogP contribution in [0.3, 0.4) is 0 Å². The van der Waals surface area contributed by atoms with Gasteiger partial charge in [0.25, 0.3) is 5.91 Å². The molecule has 4 rings (SSSR count). The third-order valence-electron chi connectivity index (χ3n) is 5.43. The zero-order valence-electron chi connectivity index (χ0n) is 16.9. The van der Waals surface area contributed by atoms with Gasteiger partial charge in [-0.25, -0.2) is 9.67 Å². The average molecular weight is 377 g/mol. The predicted molar refractivity (Wildman–Crippen MR) is 113 cm³/mol. The first kappa shape index (κ1) is 18.5. The van der Waals surface area contributed by atoms with Gasteiger partial charge in [0.1, 0.15) is 0 Å². The highest BCUT2D eigenvalue weighted by molar-refractivity contribution is 6.13. The van der Waals surface area contributed by atoms with Crippen molar-refractivity contribution in [1.29, 1.82) is 0 Å². The van der Waals surface area contributed by atoms with Crippen molar-refractivity contribution in [2.75, 3.05) is 17.2 Å². The van der Waals surface area contributed by atoms with Crippen molar-refractivity contribution in [3.63, 3.8) is 0 Å². The molecule has 0 unspecified atom stereocenters. The highest BCUT2D eigenvalue weighted by Gasteiger charge is 2.27. The maximum Gasteiger partial charge on any atom is 0.259 e. The van der Waals surface area contributed by atoms with E-state index in [1.807, 2.05) is 33.8 Å². The molecule has 0 fully saturated rings. The topological polar surface area (TPSA) is 77.0 Å². The summed E-state index contributed by atoms with van der Waals surface area (Å²) in [5, 5.41) is 5.31. The molecule has 146 valence electrons. The number of nitrogens with two attached hydrogens (primary N) is 1. The summed E-state index contributed by atoms with van der Waals surface area (Å²) in [5.74, 6) is 0.208. The second kappa shape index (κ2) is 6.93. The Labute approximate surface area is 165 Å². The molecule has 0 bridgehead atoms. The van der Waals surface area contributed by atoms with Crippen LogP contribution in [-0.2, 0) is 6.42 Å². The molecule has 2 N–H and O–H groups in total. The Balaban J connectivity index is 1.88. The summed E-state index contributed by atoms with van der Waals surface area (Å²) in [5.41, 5.74) is 11.3. The number of rotatable bonds is 3. The van der Waals surface area contributed by atoms with E-state index in [2.05, 4.69) is 32.8 Å². The Hall–Kier alpha value is -2.89. The minimum atomic E-state index is -0.0100. The van der Waals surface area contributed by atoms with Crippen molar-refractivity contribution in [2.45, 2.75) is 52.5 Å². The zero-order valence-corrected chi connectivity index (χ0v) is 16.9. The lowest BCUT2D eigenvalue weighted by Gasteiger charge is -2.30. The van der Waals surface area contributed by atoms with Crippen molar-refractivity contribution >= 4 is 28.3 Å². The summed E-state index contributed by atoms with van der Waals surface area (Å²) in [6.07, 6.45) is 3.58. The van der Waals surface area contributed by atoms with E-state index in [9.17, 15) is 4.79 Å². The number of anilines is 2. The lowest BCUT2D eigenvalue weighted by molar-refractivity contribution is 0.0986. The summed E-state index contributed by atoms with van der Waals surface area (Å²) in [7, 11) is 0. The molecular formula is C22H27N5O. The highest BCUT2D eigenvalue weighted by atomic mass is 16.2. The smallest absolute Gasteiger partial charge is 0.259 e. The molecule has 1 amide bonds. The largest absolute Gasteiger partial charge is 0.398 e. The van der Waals surface area contributed by atoms with E-state index < -0.39 is 0 Å². The number of benzene rings is 1. The summed E-state index contributed by atoms with van der Waals surface area (Å²) >= 11 is 0. The first-order valence-electron chi connectivity index (χ1n) is 9.96. The van der Waals surface area contributed by atoms with Gasteiger partial charge < -0.3 is 10.6 Å². The van der Waals surface area contributed by atoms with Crippen molar-refractivity contribution in [1.82, 2.24) is 14.8 Å². The number of amides is 1. The third-order valence-corrected chi connectivity index (χ3v) is 5.43. The number of nitrogen functional groups attached to an aromatic ring is 1. The molecule has 3 heterocycles. The van der Waals surface area contributed by atoms with Gasteiger partial charge in [-0.15, -0.1) is 0 Å². The summed E-state index contributed by atoms with van der Waals surface area (Å²) in [4.78, 5) is 20.3. The van der Waals surface area contributed by atoms with E-state index >= 15 is 0 Å². The van der Waals surface area contributed by atoms with Crippen LogP contribution in [0.2, 0.25) is 0 Å². The Morgan fingerprint density at radius 3 is 2.71 bits per heavy atom. The van der Waals surface area contributed by atoms with E-state index in [-0.39, 0.29) is 17.9 Å². The number of carbonyl (C=O) groups is 1. The molecule has 2 aromatic heterocycles. The molecule has 28 heavy (non-hydrogen) atoms. The SMILES string of the molecule is CC(C)c1cc(C(=O)N2CCCc3c(N)cccc32)c2cnn(C(C)C)c2n1. The second-order valence-corrected chi connectivity index (χ2v) is 8.07. The van der Waals surface area contributed by atoms with Crippen LogP contribution in [-0.4, -0.2) is 27.2 Å². The summed E-state index contributed by atoms with van der Waals surface area (Å²) in [6, 6.07) is 7.91. The summed E-state index contributed by atoms with van der Waals surface area (Å²) < 4.78 is 1.89. The number of carbonyl (C=O) groups excluding carboxylic acids is 1. The molecule has 6 nitrogen and oxygen atoms in total. The van der Waals surface area contributed by atoms with E-state index in [1.54, 1.807) is 6.20 Å². The fourth-order valence-electron chi connectivity index (χ4n) is 3.90. The van der Waals surface area contributed by atoms with Crippen molar-refractivity contribution in [3.05, 3.63) is 47.3 Å². The maximum atomic E-state index is 13.7. The lowest BCUT2D eigenvalue weighted by Crippen LogP contribution is -2.36. The molecule has 1 aliphatic heterocycles. The minimum Gasteiger partial charge on any atom is -0.398 e. The first-order chi connectivity index (χ1) is 13.4. The molecule has 0 atom stereocenters. The maximum absolute atomic E-state index is 13.7. The van der Waals surface area contributed by atoms with E-state index in [0.29, 0.717) is 12.1 Å². The molecule has 0 saturated heterocycles. The Bertz CT molecular complexity index is 1050. The van der Waals surface area contributed by atoms with Crippen LogP contribution >= 0.6 is 0 Å². The van der Waals surface area contributed by atoms with Crippen LogP contribution in [0.15, 0.2) is 30.5 Å². The fourth-order valence-corrected chi connectivity index (χ4v) is 3.90. The molecule has 6 heteroatoms. The molecule has 1 aliphatic rings. The van der Waals surface area contributed by atoms with Crippen molar-refractivity contribution in [2.24, 2.45) is 0 Å². The monoisotopic (exact) mass is 377 g/mol. The first-order valence-corrected chi connectivity index (χ1v) is 9.96. The number of pyridine rings is 1. The predicted octanol–water partition coefficient (Wildman–Crippen LogP) is 4.31. The summed E-state index contributed by atoms with van der Waals surface area (Å²) in [6.45, 7) is 9.02. The van der Waals surface area contributed by atoms with Crippen molar-refractivity contribution in [3.8, 4) is 0 Å². The Morgan fingerprint density at radius 1 is 1.21 bits per heavy atom. The van der Waals surface area contributed by atoms with Crippen LogP contribution in [0, 0.1) is 0 Å². The number of aromatic nitrogens is 3. The standard InChI is InChI=1S/C22H27N5O/c1-13(2)19-11-16(17-12-24-27(14(3)4)21(17)25-19)22(28)26-10-6-7-15-18(23)8-5-9-20(15)26/h5,8-9,11-14H,6-7,10,23H2,1-4H3. The van der Waals surface area contributed by atoms with Gasteiger partial charge in [-0.05, 0) is 56.4 Å². The van der Waals surface area contributed by atoms with Crippen LogP contribution in [0.5, 0.6) is 0 Å². The number of hydrogen-bond donors (Lipinski definition) is 1. The Morgan fingerprint density at radius 2 is 2.00 bits per heavy atom. The average Bonchev–Trinajstić information content (AvgIpc) is 3.11. The third kappa shape index (κ3) is 2.93. The molecule has 0 aliphatic carbocycles. The van der Waals surface area contributed by atoms with Gasteiger partial charge in [0.15, 0.2) is 5.65 Å². The van der Waals surface area contributed by atoms with Gasteiger partial charge in [-0.3, -0.25) is 4.79 Å². The zero-order chi connectivity index (χ0) is 20.0. The number of nitrogens with zero attached hydrogens (tertiary/aromatic N) is 4. The Kier molecular flexibility index (Phi) is 4.57. The van der Waals surface area contributed by atoms with Gasteiger partial charge in [-0.1, -0.05) is 19.9 Å². The molecular weight excluding hydrogens is 350 g/mol. The normalized spacial score (nSPS) is 14.1. The number of hydrogen-bond acceptors (Lipinski definition) is 4. The van der Waals surface area contributed by atoms with Gasteiger partial charge >= 0.3 is 0 Å². The van der Waals surface area contributed by atoms with Crippen LogP contribution < -0.4 is 10.6 Å². The van der Waals surface area contributed by atoms with Crippen LogP contribution in [0.4, 0.5) is 11.4 Å². The quantitative estimate of drug-likeness (QED) is 0.690. The van der Waals surface area contributed by atoms with E-state index in [0.717, 1.165) is 46.5 Å². The van der Waals surface area contributed by atoms with E-state index in [1.165, 1.54) is 0 Å². The highest BCUT2D eigenvalue weighted by Crippen LogP contribution is 2.34. The molecule has 3 aromatic rings. The van der Waals surface area contributed by atoms with Crippen LogP contribution in [0.25, 0.3) is 11.0 Å². The fraction of sp³-hybridized carbons (Fsp3) is 0.409. The van der Waals surface area contributed by atoms with Gasteiger partial charge in [0, 0.05) is 29.7 Å². The second-order valence-electron chi connectivity index (χ2n) is 8.07. The number of fused-ring (bicyclic) bond motifs is 2. The van der Waals surface area contributed by atoms with Gasteiger partial charge in [-0.2, -0.15) is 5.10 Å². The van der Waals surface area contributed by atoms with Gasteiger partial charge in [0.05, 0.1) is 17.1 Å². The van der Waals surface area contributed by atoms with E-state index in [4.69, 9.17) is 10.7 Å². The van der Waals surface area contributed by atoms with Crippen LogP contribution in [0.1, 0.15) is 67.7 Å². The van der Waals surface area contributed by atoms with Crippen molar-refractivity contribution < 1.29 is 4.79 Å².